The molecule has 0 saturated carbocycles. The Morgan fingerprint density at radius 1 is 1.05 bits per heavy atom. The number of rotatable bonds is 3. The SMILES string of the molecule is Cc1cc(C)c(C(C)Nc2ccc(Br)c(Cl)c2)c(C)c1. The van der Waals surface area contributed by atoms with E-state index in [-0.39, 0.29) is 6.04 Å². The lowest BCUT2D eigenvalue weighted by Gasteiger charge is -2.21. The highest BCUT2D eigenvalue weighted by atomic mass is 79.9. The summed E-state index contributed by atoms with van der Waals surface area (Å²) in [5.41, 5.74) is 6.35. The molecule has 2 aromatic rings. The van der Waals surface area contributed by atoms with E-state index >= 15 is 0 Å². The van der Waals surface area contributed by atoms with Crippen molar-refractivity contribution in [2.45, 2.75) is 33.7 Å². The second kappa shape index (κ2) is 6.19. The molecule has 0 spiro atoms. The van der Waals surface area contributed by atoms with Crippen molar-refractivity contribution < 1.29 is 0 Å². The molecule has 20 heavy (non-hydrogen) atoms. The zero-order valence-electron chi connectivity index (χ0n) is 12.2. The summed E-state index contributed by atoms with van der Waals surface area (Å²) in [6.45, 7) is 8.65. The molecule has 2 rings (SSSR count). The van der Waals surface area contributed by atoms with Crippen LogP contribution in [0.1, 0.15) is 35.2 Å². The molecule has 0 heterocycles. The van der Waals surface area contributed by atoms with Crippen molar-refractivity contribution in [1.29, 1.82) is 0 Å². The molecule has 0 bridgehead atoms. The topological polar surface area (TPSA) is 12.0 Å². The molecule has 0 fully saturated rings. The Morgan fingerprint density at radius 3 is 2.20 bits per heavy atom. The molecule has 3 heteroatoms. The van der Waals surface area contributed by atoms with Crippen molar-refractivity contribution in [3.63, 3.8) is 0 Å². The molecule has 0 aromatic heterocycles. The van der Waals surface area contributed by atoms with Crippen LogP contribution in [0, 0.1) is 20.8 Å². The summed E-state index contributed by atoms with van der Waals surface area (Å²) in [7, 11) is 0. The number of halogens is 2. The molecule has 2 aromatic carbocycles. The maximum absolute atomic E-state index is 6.14. The van der Waals surface area contributed by atoms with E-state index in [9.17, 15) is 0 Å². The monoisotopic (exact) mass is 351 g/mol. The number of aryl methyl sites for hydroxylation is 3. The van der Waals surface area contributed by atoms with Crippen LogP contribution in [-0.2, 0) is 0 Å². The number of hydrogen-bond donors (Lipinski definition) is 1. The van der Waals surface area contributed by atoms with Crippen LogP contribution in [0.4, 0.5) is 5.69 Å². The summed E-state index contributed by atoms with van der Waals surface area (Å²) in [6, 6.07) is 10.6. The third-order valence-electron chi connectivity index (χ3n) is 3.47. The highest BCUT2D eigenvalue weighted by Gasteiger charge is 2.12. The summed E-state index contributed by atoms with van der Waals surface area (Å²) in [4.78, 5) is 0. The van der Waals surface area contributed by atoms with Gasteiger partial charge >= 0.3 is 0 Å². The lowest BCUT2D eigenvalue weighted by molar-refractivity contribution is 0.862. The highest BCUT2D eigenvalue weighted by Crippen LogP contribution is 2.30. The maximum Gasteiger partial charge on any atom is 0.0568 e. The summed E-state index contributed by atoms with van der Waals surface area (Å²) >= 11 is 9.55. The van der Waals surface area contributed by atoms with E-state index in [1.807, 2.05) is 18.2 Å². The van der Waals surface area contributed by atoms with Crippen LogP contribution in [0.25, 0.3) is 0 Å². The Morgan fingerprint density at radius 2 is 1.65 bits per heavy atom. The number of hydrogen-bond acceptors (Lipinski definition) is 1. The Hall–Kier alpha value is -0.990. The Bertz CT molecular complexity index is 614. The molecule has 106 valence electrons. The smallest absolute Gasteiger partial charge is 0.0568 e. The largest absolute Gasteiger partial charge is 0.378 e. The van der Waals surface area contributed by atoms with Crippen molar-refractivity contribution in [2.24, 2.45) is 0 Å². The van der Waals surface area contributed by atoms with Crippen molar-refractivity contribution in [3.05, 3.63) is 62.1 Å². The van der Waals surface area contributed by atoms with E-state index in [1.165, 1.54) is 22.3 Å². The predicted molar refractivity (Wildman–Crippen MR) is 91.8 cm³/mol. The minimum Gasteiger partial charge on any atom is -0.378 e. The van der Waals surface area contributed by atoms with Crippen LogP contribution in [0.15, 0.2) is 34.8 Å². The van der Waals surface area contributed by atoms with E-state index in [1.54, 1.807) is 0 Å². The average molecular weight is 353 g/mol. The second-order valence-electron chi connectivity index (χ2n) is 5.31. The fourth-order valence-corrected chi connectivity index (χ4v) is 3.21. The summed E-state index contributed by atoms with van der Waals surface area (Å²) in [5, 5.41) is 4.24. The van der Waals surface area contributed by atoms with Crippen molar-refractivity contribution in [3.8, 4) is 0 Å². The molecule has 1 nitrogen and oxygen atoms in total. The van der Waals surface area contributed by atoms with Gasteiger partial charge in [0.25, 0.3) is 0 Å². The fourth-order valence-electron chi connectivity index (χ4n) is 2.78. The minimum atomic E-state index is 0.243. The van der Waals surface area contributed by atoms with Crippen LogP contribution in [0.3, 0.4) is 0 Å². The quantitative estimate of drug-likeness (QED) is 0.693. The van der Waals surface area contributed by atoms with Gasteiger partial charge in [-0.15, -0.1) is 0 Å². The van der Waals surface area contributed by atoms with Crippen LogP contribution >= 0.6 is 27.5 Å². The summed E-state index contributed by atoms with van der Waals surface area (Å²) in [5.74, 6) is 0. The molecule has 0 aliphatic rings. The normalized spacial score (nSPS) is 12.3. The Kier molecular flexibility index (Phi) is 4.77. The third-order valence-corrected chi connectivity index (χ3v) is 4.71. The number of anilines is 1. The summed E-state index contributed by atoms with van der Waals surface area (Å²) < 4.78 is 0.917. The van der Waals surface area contributed by atoms with E-state index in [0.29, 0.717) is 0 Å². The molecule has 1 unspecified atom stereocenters. The fraction of sp³-hybridized carbons (Fsp3) is 0.294. The van der Waals surface area contributed by atoms with Gasteiger partial charge in [-0.3, -0.25) is 0 Å². The van der Waals surface area contributed by atoms with E-state index in [4.69, 9.17) is 11.6 Å². The molecular formula is C17H19BrClN. The maximum atomic E-state index is 6.14. The number of nitrogens with one attached hydrogen (secondary N) is 1. The van der Waals surface area contributed by atoms with Gasteiger partial charge in [-0.05, 0) is 78.5 Å². The number of benzene rings is 2. The van der Waals surface area contributed by atoms with Crippen molar-refractivity contribution in [1.82, 2.24) is 0 Å². The first kappa shape index (κ1) is 15.4. The van der Waals surface area contributed by atoms with Gasteiger partial charge in [-0.2, -0.15) is 0 Å². The highest BCUT2D eigenvalue weighted by molar-refractivity contribution is 9.10. The van der Waals surface area contributed by atoms with Gasteiger partial charge in [0.2, 0.25) is 0 Å². The first-order valence-electron chi connectivity index (χ1n) is 6.68. The van der Waals surface area contributed by atoms with Crippen LogP contribution in [0.5, 0.6) is 0 Å². The first-order chi connectivity index (χ1) is 9.38. The molecule has 1 N–H and O–H groups in total. The van der Waals surface area contributed by atoms with Crippen LogP contribution in [-0.4, -0.2) is 0 Å². The van der Waals surface area contributed by atoms with Gasteiger partial charge in [-0.1, -0.05) is 29.3 Å². The third kappa shape index (κ3) is 3.36. The van der Waals surface area contributed by atoms with Gasteiger partial charge in [0, 0.05) is 16.2 Å². The standard InChI is InChI=1S/C17H19BrClN/c1-10-7-11(2)17(12(3)8-10)13(4)20-14-5-6-15(18)16(19)9-14/h5-9,13,20H,1-4H3. The van der Waals surface area contributed by atoms with Crippen molar-refractivity contribution >= 4 is 33.2 Å². The van der Waals surface area contributed by atoms with Crippen molar-refractivity contribution in [2.75, 3.05) is 5.32 Å². The molecular weight excluding hydrogens is 334 g/mol. The molecule has 1 atom stereocenters. The summed E-state index contributed by atoms with van der Waals surface area (Å²) in [6.07, 6.45) is 0. The van der Waals surface area contributed by atoms with Gasteiger partial charge in [-0.25, -0.2) is 0 Å². The molecule has 0 amide bonds. The molecule has 0 aliphatic carbocycles. The van der Waals surface area contributed by atoms with Crippen LogP contribution in [0.2, 0.25) is 5.02 Å². The second-order valence-corrected chi connectivity index (χ2v) is 6.57. The predicted octanol–water partition coefficient (Wildman–Crippen LogP) is 6.20. The van der Waals surface area contributed by atoms with Crippen LogP contribution < -0.4 is 5.32 Å². The Labute approximate surface area is 134 Å². The van der Waals surface area contributed by atoms with Gasteiger partial charge < -0.3 is 5.32 Å². The lowest BCUT2D eigenvalue weighted by Crippen LogP contribution is -2.10. The molecule has 0 aliphatic heterocycles. The van der Waals surface area contributed by atoms with Gasteiger partial charge in [0.05, 0.1) is 5.02 Å². The Balaban J connectivity index is 2.28. The van der Waals surface area contributed by atoms with Gasteiger partial charge in [0.15, 0.2) is 0 Å². The zero-order valence-corrected chi connectivity index (χ0v) is 14.6. The first-order valence-corrected chi connectivity index (χ1v) is 7.85. The lowest BCUT2D eigenvalue weighted by atomic mass is 9.95. The van der Waals surface area contributed by atoms with E-state index in [0.717, 1.165) is 15.2 Å². The minimum absolute atomic E-state index is 0.243. The molecule has 0 saturated heterocycles. The van der Waals surface area contributed by atoms with E-state index < -0.39 is 0 Å². The molecule has 0 radical (unpaired) electrons. The van der Waals surface area contributed by atoms with E-state index in [2.05, 4.69) is 61.1 Å². The zero-order chi connectivity index (χ0) is 14.9. The average Bonchev–Trinajstić information content (AvgIpc) is 2.32. The van der Waals surface area contributed by atoms with Gasteiger partial charge in [0.1, 0.15) is 0 Å².